The third-order valence-electron chi connectivity index (χ3n) is 3.90. The fourth-order valence-electron chi connectivity index (χ4n) is 2.56. The molecule has 0 bridgehead atoms. The summed E-state index contributed by atoms with van der Waals surface area (Å²) in [6, 6.07) is 6.69. The van der Waals surface area contributed by atoms with Gasteiger partial charge in [0.25, 0.3) is 0 Å². The van der Waals surface area contributed by atoms with E-state index >= 15 is 0 Å². The van der Waals surface area contributed by atoms with E-state index in [0.717, 1.165) is 25.3 Å². The van der Waals surface area contributed by atoms with Gasteiger partial charge in [-0.3, -0.25) is 0 Å². The average molecular weight is 271 g/mol. The molecule has 1 aromatic carbocycles. The number of imidazole rings is 1. The Hall–Kier alpha value is -1.61. The van der Waals surface area contributed by atoms with Crippen LogP contribution in [0.5, 0.6) is 0 Å². The van der Waals surface area contributed by atoms with Gasteiger partial charge < -0.3 is 9.88 Å². The van der Waals surface area contributed by atoms with Crippen molar-refractivity contribution in [2.45, 2.75) is 46.7 Å². The monoisotopic (exact) mass is 271 g/mol. The molecule has 1 aromatic heterocycles. The van der Waals surface area contributed by atoms with Crippen LogP contribution in [-0.2, 0) is 6.54 Å². The largest absolute Gasteiger partial charge is 0.334 e. The minimum atomic E-state index is 0.171. The van der Waals surface area contributed by atoms with Crippen LogP contribution in [0.2, 0.25) is 0 Å². The lowest BCUT2D eigenvalue weighted by Gasteiger charge is -2.22. The van der Waals surface area contributed by atoms with Gasteiger partial charge in [-0.25, -0.2) is 4.98 Å². The number of rotatable bonds is 6. The molecule has 2 rings (SSSR count). The normalized spacial score (nSPS) is 12.6. The fraction of sp³-hybridized carbons (Fsp3) is 0.471. The number of aryl methyl sites for hydroxylation is 2. The topological polar surface area (TPSA) is 29.9 Å². The first kappa shape index (κ1) is 14.8. The first-order chi connectivity index (χ1) is 9.69. The maximum atomic E-state index is 4.59. The van der Waals surface area contributed by atoms with Gasteiger partial charge in [0, 0.05) is 18.9 Å². The predicted octanol–water partition coefficient (Wildman–Crippen LogP) is 3.61. The summed E-state index contributed by atoms with van der Waals surface area (Å²) in [5, 5.41) is 3.65. The second-order valence-corrected chi connectivity index (χ2v) is 5.25. The highest BCUT2D eigenvalue weighted by atomic mass is 15.1. The summed E-state index contributed by atoms with van der Waals surface area (Å²) in [5.41, 5.74) is 4.02. The van der Waals surface area contributed by atoms with Crippen molar-refractivity contribution in [1.29, 1.82) is 0 Å². The highest BCUT2D eigenvalue weighted by Crippen LogP contribution is 2.25. The van der Waals surface area contributed by atoms with Crippen molar-refractivity contribution >= 4 is 0 Å². The van der Waals surface area contributed by atoms with Gasteiger partial charge in [-0.15, -0.1) is 0 Å². The van der Waals surface area contributed by atoms with E-state index in [4.69, 9.17) is 0 Å². The van der Waals surface area contributed by atoms with Crippen molar-refractivity contribution in [3.63, 3.8) is 0 Å². The number of hydrogen-bond donors (Lipinski definition) is 1. The van der Waals surface area contributed by atoms with Gasteiger partial charge >= 0.3 is 0 Å². The summed E-state index contributed by atoms with van der Waals surface area (Å²) in [7, 11) is 0. The van der Waals surface area contributed by atoms with E-state index in [9.17, 15) is 0 Å². The first-order valence-corrected chi connectivity index (χ1v) is 7.49. The molecule has 0 saturated carbocycles. The first-order valence-electron chi connectivity index (χ1n) is 7.49. The third-order valence-corrected chi connectivity index (χ3v) is 3.90. The van der Waals surface area contributed by atoms with Crippen LogP contribution in [0.25, 0.3) is 0 Å². The molecule has 1 N–H and O–H groups in total. The van der Waals surface area contributed by atoms with E-state index in [2.05, 4.69) is 67.0 Å². The molecular weight excluding hydrogens is 246 g/mol. The third kappa shape index (κ3) is 2.93. The van der Waals surface area contributed by atoms with E-state index in [1.807, 2.05) is 6.20 Å². The van der Waals surface area contributed by atoms with Gasteiger partial charge in [0.15, 0.2) is 0 Å². The molecular formula is C17H25N3. The quantitative estimate of drug-likeness (QED) is 0.870. The Balaban J connectivity index is 2.44. The Labute approximate surface area is 122 Å². The summed E-state index contributed by atoms with van der Waals surface area (Å²) < 4.78 is 2.22. The molecule has 0 aliphatic rings. The van der Waals surface area contributed by atoms with Crippen LogP contribution in [-0.4, -0.2) is 16.1 Å². The van der Waals surface area contributed by atoms with E-state index in [0.29, 0.717) is 0 Å². The number of aromatic nitrogens is 2. The van der Waals surface area contributed by atoms with E-state index in [1.54, 1.807) is 0 Å². The molecule has 1 atom stereocenters. The maximum absolute atomic E-state index is 4.59. The maximum Gasteiger partial charge on any atom is 0.130 e. The number of nitrogens with one attached hydrogen (secondary N) is 1. The van der Waals surface area contributed by atoms with Gasteiger partial charge in [-0.05, 0) is 50.4 Å². The number of hydrogen-bond acceptors (Lipinski definition) is 2. The molecule has 2 aromatic rings. The molecule has 3 heteroatoms. The zero-order chi connectivity index (χ0) is 14.5. The summed E-state index contributed by atoms with van der Waals surface area (Å²) in [4.78, 5) is 4.59. The highest BCUT2D eigenvalue weighted by molar-refractivity contribution is 5.38. The fourth-order valence-corrected chi connectivity index (χ4v) is 2.56. The molecule has 0 aliphatic carbocycles. The molecule has 1 heterocycles. The highest BCUT2D eigenvalue weighted by Gasteiger charge is 2.20. The second kappa shape index (κ2) is 6.71. The molecule has 1 unspecified atom stereocenters. The summed E-state index contributed by atoms with van der Waals surface area (Å²) in [6.45, 7) is 10.7. The van der Waals surface area contributed by atoms with Gasteiger partial charge in [0.2, 0.25) is 0 Å². The Kier molecular flexibility index (Phi) is 4.96. The predicted molar refractivity (Wildman–Crippen MR) is 84.0 cm³/mol. The smallest absolute Gasteiger partial charge is 0.130 e. The zero-order valence-corrected chi connectivity index (χ0v) is 13.0. The van der Waals surface area contributed by atoms with Crippen LogP contribution in [0, 0.1) is 13.8 Å². The van der Waals surface area contributed by atoms with Crippen LogP contribution in [0.3, 0.4) is 0 Å². The van der Waals surface area contributed by atoms with Crippen molar-refractivity contribution in [3.8, 4) is 0 Å². The minimum Gasteiger partial charge on any atom is -0.334 e. The van der Waals surface area contributed by atoms with Crippen molar-refractivity contribution in [2.75, 3.05) is 6.54 Å². The molecule has 0 fully saturated rings. The van der Waals surface area contributed by atoms with Crippen LogP contribution < -0.4 is 5.32 Å². The zero-order valence-electron chi connectivity index (χ0n) is 13.0. The minimum absolute atomic E-state index is 0.171. The van der Waals surface area contributed by atoms with Crippen molar-refractivity contribution in [2.24, 2.45) is 0 Å². The summed E-state index contributed by atoms with van der Waals surface area (Å²) >= 11 is 0. The summed E-state index contributed by atoms with van der Waals surface area (Å²) in [5.74, 6) is 1.11. The Bertz CT molecular complexity index is 557. The lowest BCUT2D eigenvalue weighted by molar-refractivity contribution is 0.539. The standard InChI is InChI=1S/C17H25N3/c1-5-10-18-16(17-19-11-12-20(17)6-2)15-9-7-8-13(3)14(15)4/h7-9,11-12,16,18H,5-6,10H2,1-4H3. The van der Waals surface area contributed by atoms with E-state index < -0.39 is 0 Å². The van der Waals surface area contributed by atoms with Crippen molar-refractivity contribution in [3.05, 3.63) is 53.1 Å². The van der Waals surface area contributed by atoms with Gasteiger partial charge in [-0.1, -0.05) is 25.1 Å². The van der Waals surface area contributed by atoms with Crippen molar-refractivity contribution < 1.29 is 0 Å². The van der Waals surface area contributed by atoms with Crippen molar-refractivity contribution in [1.82, 2.24) is 14.9 Å². The molecule has 20 heavy (non-hydrogen) atoms. The lowest BCUT2D eigenvalue weighted by atomic mass is 9.96. The molecule has 0 spiro atoms. The molecule has 0 saturated heterocycles. The molecule has 3 nitrogen and oxygen atoms in total. The number of nitrogens with zero attached hydrogens (tertiary/aromatic N) is 2. The van der Waals surface area contributed by atoms with Crippen LogP contribution in [0.1, 0.15) is 48.8 Å². The molecule has 0 aliphatic heterocycles. The van der Waals surface area contributed by atoms with Gasteiger partial charge in [0.05, 0.1) is 6.04 Å². The molecule has 108 valence electrons. The lowest BCUT2D eigenvalue weighted by Crippen LogP contribution is -2.27. The summed E-state index contributed by atoms with van der Waals surface area (Å²) in [6.07, 6.45) is 5.07. The second-order valence-electron chi connectivity index (χ2n) is 5.25. The number of benzene rings is 1. The van der Waals surface area contributed by atoms with E-state index in [1.165, 1.54) is 16.7 Å². The molecule has 0 radical (unpaired) electrons. The van der Waals surface area contributed by atoms with Crippen LogP contribution in [0.15, 0.2) is 30.6 Å². The Morgan fingerprint density at radius 3 is 2.75 bits per heavy atom. The Morgan fingerprint density at radius 1 is 1.25 bits per heavy atom. The molecule has 0 amide bonds. The average Bonchev–Trinajstić information content (AvgIpc) is 2.92. The van der Waals surface area contributed by atoms with E-state index in [-0.39, 0.29) is 6.04 Å². The van der Waals surface area contributed by atoms with Gasteiger partial charge in [-0.2, -0.15) is 0 Å². The Morgan fingerprint density at radius 2 is 2.05 bits per heavy atom. The van der Waals surface area contributed by atoms with Crippen LogP contribution >= 0.6 is 0 Å². The van der Waals surface area contributed by atoms with Gasteiger partial charge in [0.1, 0.15) is 5.82 Å². The SMILES string of the molecule is CCCNC(c1cccc(C)c1C)c1nccn1CC. The van der Waals surface area contributed by atoms with Crippen LogP contribution in [0.4, 0.5) is 0 Å².